The third-order valence-electron chi connectivity index (χ3n) is 6.69. The van der Waals surface area contributed by atoms with Gasteiger partial charge in [-0.05, 0) is 49.1 Å². The minimum absolute atomic E-state index is 0.0576. The maximum absolute atomic E-state index is 13.8. The van der Waals surface area contributed by atoms with Crippen molar-refractivity contribution >= 4 is 50.7 Å². The molecule has 0 aromatic heterocycles. The lowest BCUT2D eigenvalue weighted by Gasteiger charge is -2.34. The van der Waals surface area contributed by atoms with Crippen molar-refractivity contribution in [2.45, 2.75) is 64.1 Å². The molecule has 2 aromatic carbocycles. The number of halogens is 2. The predicted octanol–water partition coefficient (Wildman–Crippen LogP) is 5.02. The molecule has 1 N–H and O–H groups in total. The summed E-state index contributed by atoms with van der Waals surface area (Å²) in [5.74, 6) is -0.315. The summed E-state index contributed by atoms with van der Waals surface area (Å²) in [6, 6.07) is 10.7. The van der Waals surface area contributed by atoms with Crippen LogP contribution in [0.2, 0.25) is 10.0 Å². The molecule has 11 heteroatoms. The number of anilines is 1. The molecule has 1 atom stereocenters. The number of methoxy groups -OCH3 is 1. The number of hydrogen-bond acceptors (Lipinski definition) is 5. The Balaban J connectivity index is 1.94. The number of benzene rings is 2. The van der Waals surface area contributed by atoms with Crippen LogP contribution in [0.3, 0.4) is 0 Å². The van der Waals surface area contributed by atoms with E-state index >= 15 is 0 Å². The van der Waals surface area contributed by atoms with Gasteiger partial charge in [0.25, 0.3) is 0 Å². The van der Waals surface area contributed by atoms with Crippen molar-refractivity contribution in [3.63, 3.8) is 0 Å². The molecule has 2 aromatic rings. The molecule has 1 fully saturated rings. The number of sulfonamides is 1. The highest BCUT2D eigenvalue weighted by Gasteiger charge is 2.33. The van der Waals surface area contributed by atoms with Crippen LogP contribution >= 0.6 is 23.2 Å². The van der Waals surface area contributed by atoms with Crippen LogP contribution in [0.1, 0.15) is 51.0 Å². The fraction of sp³-hybridized carbons (Fsp3) is 0.481. The smallest absolute Gasteiger partial charge is 0.244 e. The highest BCUT2D eigenvalue weighted by Crippen LogP contribution is 2.26. The molecule has 1 unspecified atom stereocenters. The summed E-state index contributed by atoms with van der Waals surface area (Å²) in [6.07, 6.45) is 6.45. The number of rotatable bonds is 11. The average molecular weight is 585 g/mol. The first-order valence-corrected chi connectivity index (χ1v) is 15.3. The van der Waals surface area contributed by atoms with Crippen LogP contribution in [0.25, 0.3) is 0 Å². The van der Waals surface area contributed by atoms with Gasteiger partial charge in [-0.1, -0.05) is 61.5 Å². The Hall–Kier alpha value is -2.49. The lowest BCUT2D eigenvalue weighted by Crippen LogP contribution is -2.53. The summed E-state index contributed by atoms with van der Waals surface area (Å²) >= 11 is 12.3. The van der Waals surface area contributed by atoms with Gasteiger partial charge < -0.3 is 15.0 Å². The lowest BCUT2D eigenvalue weighted by atomic mass is 9.95. The Morgan fingerprint density at radius 1 is 1.08 bits per heavy atom. The molecule has 1 aliphatic rings. The number of amides is 2. The molecule has 8 nitrogen and oxygen atoms in total. The van der Waals surface area contributed by atoms with Crippen LogP contribution < -0.4 is 14.4 Å². The molecule has 38 heavy (non-hydrogen) atoms. The zero-order valence-electron chi connectivity index (χ0n) is 22.0. The van der Waals surface area contributed by atoms with E-state index in [9.17, 15) is 18.0 Å². The van der Waals surface area contributed by atoms with Gasteiger partial charge in [0.15, 0.2) is 0 Å². The Morgan fingerprint density at radius 2 is 1.79 bits per heavy atom. The molecule has 0 saturated heterocycles. The van der Waals surface area contributed by atoms with Crippen molar-refractivity contribution in [1.29, 1.82) is 0 Å². The monoisotopic (exact) mass is 583 g/mol. The predicted molar refractivity (Wildman–Crippen MR) is 151 cm³/mol. The van der Waals surface area contributed by atoms with Crippen LogP contribution in [-0.4, -0.2) is 57.1 Å². The fourth-order valence-electron chi connectivity index (χ4n) is 4.68. The fourth-order valence-corrected chi connectivity index (χ4v) is 5.84. The zero-order chi connectivity index (χ0) is 27.9. The largest absolute Gasteiger partial charge is 0.497 e. The van der Waals surface area contributed by atoms with E-state index < -0.39 is 28.5 Å². The Kier molecular flexibility index (Phi) is 10.7. The van der Waals surface area contributed by atoms with E-state index in [2.05, 4.69) is 5.32 Å². The minimum Gasteiger partial charge on any atom is -0.497 e. The van der Waals surface area contributed by atoms with E-state index in [0.29, 0.717) is 27.8 Å². The van der Waals surface area contributed by atoms with Gasteiger partial charge in [0.05, 0.1) is 29.1 Å². The highest BCUT2D eigenvalue weighted by molar-refractivity contribution is 7.92. The maximum Gasteiger partial charge on any atom is 0.244 e. The molecule has 0 heterocycles. The third kappa shape index (κ3) is 8.01. The molecule has 1 saturated carbocycles. The van der Waals surface area contributed by atoms with Crippen molar-refractivity contribution in [3.8, 4) is 5.75 Å². The van der Waals surface area contributed by atoms with Crippen molar-refractivity contribution in [2.24, 2.45) is 0 Å². The van der Waals surface area contributed by atoms with Gasteiger partial charge in [-0.15, -0.1) is 0 Å². The summed E-state index contributed by atoms with van der Waals surface area (Å²) in [5.41, 5.74) is 0.957. The van der Waals surface area contributed by atoms with E-state index in [1.807, 2.05) is 6.92 Å². The molecular weight excluding hydrogens is 549 g/mol. The van der Waals surface area contributed by atoms with E-state index in [4.69, 9.17) is 27.9 Å². The van der Waals surface area contributed by atoms with Gasteiger partial charge in [-0.2, -0.15) is 0 Å². The first-order chi connectivity index (χ1) is 18.0. The lowest BCUT2D eigenvalue weighted by molar-refractivity contribution is -0.140. The molecule has 208 valence electrons. The Labute approximate surface area is 235 Å². The highest BCUT2D eigenvalue weighted by atomic mass is 35.5. The van der Waals surface area contributed by atoms with Crippen molar-refractivity contribution in [1.82, 2.24) is 10.2 Å². The Morgan fingerprint density at radius 3 is 2.39 bits per heavy atom. The molecule has 3 rings (SSSR count). The van der Waals surface area contributed by atoms with Gasteiger partial charge in [0.2, 0.25) is 21.8 Å². The summed E-state index contributed by atoms with van der Waals surface area (Å²) in [7, 11) is -2.36. The van der Waals surface area contributed by atoms with E-state index in [1.54, 1.807) is 42.5 Å². The second-order valence-electron chi connectivity index (χ2n) is 9.51. The maximum atomic E-state index is 13.8. The van der Waals surface area contributed by atoms with Gasteiger partial charge >= 0.3 is 0 Å². The standard InChI is InChI=1S/C27H35Cl2N3O5S/c1-4-25(27(34)30-20-9-6-5-7-10-20)31(17-19-13-14-23(28)24(29)15-19)26(33)18-32(38(3,35)36)21-11-8-12-22(16-21)37-2/h8,11-16,20,25H,4-7,9-10,17-18H2,1-3H3,(H,30,34). The second kappa shape index (κ2) is 13.5. The van der Waals surface area contributed by atoms with Crippen molar-refractivity contribution in [3.05, 3.63) is 58.1 Å². The van der Waals surface area contributed by atoms with Gasteiger partial charge in [0, 0.05) is 18.7 Å². The summed E-state index contributed by atoms with van der Waals surface area (Å²) < 4.78 is 31.8. The first-order valence-electron chi connectivity index (χ1n) is 12.7. The quantitative estimate of drug-likeness (QED) is 0.400. The number of carbonyl (C=O) groups excluding carboxylic acids is 2. The SMILES string of the molecule is CCC(C(=O)NC1CCCCC1)N(Cc1ccc(Cl)c(Cl)c1)C(=O)CN(c1cccc(OC)c1)S(C)(=O)=O. The van der Waals surface area contributed by atoms with E-state index in [1.165, 1.54) is 12.0 Å². The number of nitrogens with one attached hydrogen (secondary N) is 1. The topological polar surface area (TPSA) is 96.0 Å². The number of carbonyl (C=O) groups is 2. The van der Waals surface area contributed by atoms with Gasteiger partial charge in [-0.3, -0.25) is 13.9 Å². The van der Waals surface area contributed by atoms with Crippen LogP contribution in [0.15, 0.2) is 42.5 Å². The first kappa shape index (κ1) is 30.1. The average Bonchev–Trinajstić information content (AvgIpc) is 2.89. The zero-order valence-corrected chi connectivity index (χ0v) is 24.3. The van der Waals surface area contributed by atoms with Crippen LogP contribution in [0, 0.1) is 0 Å². The molecule has 0 radical (unpaired) electrons. The molecule has 0 bridgehead atoms. The molecular formula is C27H35Cl2N3O5S. The van der Waals surface area contributed by atoms with Crippen LogP contribution in [0.4, 0.5) is 5.69 Å². The normalized spacial score (nSPS) is 15.0. The minimum atomic E-state index is -3.84. The van der Waals surface area contributed by atoms with Crippen LogP contribution in [0.5, 0.6) is 5.75 Å². The summed E-state index contributed by atoms with van der Waals surface area (Å²) in [6.45, 7) is 1.40. The van der Waals surface area contributed by atoms with Gasteiger partial charge in [0.1, 0.15) is 18.3 Å². The second-order valence-corrected chi connectivity index (χ2v) is 12.2. The Bertz CT molecular complexity index is 1230. The summed E-state index contributed by atoms with van der Waals surface area (Å²) in [5, 5.41) is 3.81. The molecule has 2 amide bonds. The number of ether oxygens (including phenoxy) is 1. The molecule has 1 aliphatic carbocycles. The number of hydrogen-bond donors (Lipinski definition) is 1. The molecule has 0 spiro atoms. The van der Waals surface area contributed by atoms with Crippen LogP contribution in [-0.2, 0) is 26.2 Å². The van der Waals surface area contributed by atoms with E-state index in [0.717, 1.165) is 42.7 Å². The van der Waals surface area contributed by atoms with Crippen molar-refractivity contribution in [2.75, 3.05) is 24.2 Å². The summed E-state index contributed by atoms with van der Waals surface area (Å²) in [4.78, 5) is 28.7. The number of nitrogens with zero attached hydrogens (tertiary/aromatic N) is 2. The third-order valence-corrected chi connectivity index (χ3v) is 8.57. The van der Waals surface area contributed by atoms with Gasteiger partial charge in [-0.25, -0.2) is 8.42 Å². The van der Waals surface area contributed by atoms with E-state index in [-0.39, 0.29) is 24.2 Å². The van der Waals surface area contributed by atoms with Crippen molar-refractivity contribution < 1.29 is 22.7 Å². The molecule has 0 aliphatic heterocycles.